The molecule has 0 saturated carbocycles. The first-order chi connectivity index (χ1) is 10.1. The molecule has 4 nitrogen and oxygen atoms in total. The number of rotatable bonds is 3. The van der Waals surface area contributed by atoms with Gasteiger partial charge in [-0.15, -0.1) is 0 Å². The van der Waals surface area contributed by atoms with Gasteiger partial charge in [-0.25, -0.2) is 4.39 Å². The Morgan fingerprint density at radius 3 is 2.19 bits per heavy atom. The molecule has 0 aliphatic carbocycles. The molecule has 2 amide bonds. The van der Waals surface area contributed by atoms with Crippen LogP contribution in [-0.2, 0) is 9.59 Å². The zero-order valence-electron chi connectivity index (χ0n) is 11.5. The highest BCUT2D eigenvalue weighted by Crippen LogP contribution is 2.11. The highest BCUT2D eigenvalue weighted by molar-refractivity contribution is 6.39. The third kappa shape index (κ3) is 4.14. The van der Waals surface area contributed by atoms with Gasteiger partial charge in [-0.1, -0.05) is 30.3 Å². The molecular weight excluding hydrogens is 271 g/mol. The predicted molar refractivity (Wildman–Crippen MR) is 78.0 cm³/mol. The fourth-order valence-corrected chi connectivity index (χ4v) is 1.81. The fourth-order valence-electron chi connectivity index (χ4n) is 1.81. The van der Waals surface area contributed by atoms with Crippen LogP contribution in [0.4, 0.5) is 10.1 Å². The highest BCUT2D eigenvalue weighted by atomic mass is 19.1. The lowest BCUT2D eigenvalue weighted by Gasteiger charge is -2.14. The lowest BCUT2D eigenvalue weighted by molar-refractivity contribution is -0.136. The minimum Gasteiger partial charge on any atom is -0.341 e. The molecule has 2 rings (SSSR count). The lowest BCUT2D eigenvalue weighted by Crippen LogP contribution is -2.36. The van der Waals surface area contributed by atoms with E-state index in [4.69, 9.17) is 0 Å². The van der Waals surface area contributed by atoms with E-state index in [1.807, 2.05) is 30.3 Å². The van der Waals surface area contributed by atoms with Crippen molar-refractivity contribution in [2.75, 3.05) is 5.32 Å². The van der Waals surface area contributed by atoms with Gasteiger partial charge < -0.3 is 10.6 Å². The minimum absolute atomic E-state index is 0.280. The van der Waals surface area contributed by atoms with E-state index in [1.165, 1.54) is 24.3 Å². The fraction of sp³-hybridized carbons (Fsp3) is 0.125. The number of carbonyl (C=O) groups is 2. The summed E-state index contributed by atoms with van der Waals surface area (Å²) in [6.07, 6.45) is 0. The number of nitrogens with one attached hydrogen (secondary N) is 2. The van der Waals surface area contributed by atoms with E-state index in [0.29, 0.717) is 5.69 Å². The Bertz CT molecular complexity index is 626. The monoisotopic (exact) mass is 286 g/mol. The Hall–Kier alpha value is -2.69. The van der Waals surface area contributed by atoms with Gasteiger partial charge in [0.25, 0.3) is 0 Å². The van der Waals surface area contributed by atoms with Crippen molar-refractivity contribution in [2.24, 2.45) is 0 Å². The van der Waals surface area contributed by atoms with E-state index in [1.54, 1.807) is 6.92 Å². The molecule has 0 heterocycles. The summed E-state index contributed by atoms with van der Waals surface area (Å²) < 4.78 is 12.8. The zero-order valence-corrected chi connectivity index (χ0v) is 11.5. The van der Waals surface area contributed by atoms with Crippen molar-refractivity contribution in [3.8, 4) is 0 Å². The Labute approximate surface area is 122 Å². The van der Waals surface area contributed by atoms with Crippen molar-refractivity contribution in [3.05, 3.63) is 66.0 Å². The van der Waals surface area contributed by atoms with Crippen LogP contribution in [0.25, 0.3) is 0 Å². The largest absolute Gasteiger partial charge is 0.341 e. The molecule has 0 aliphatic rings. The third-order valence-corrected chi connectivity index (χ3v) is 2.96. The minimum atomic E-state index is -0.788. The number of anilines is 1. The maximum absolute atomic E-state index is 12.8. The summed E-state index contributed by atoms with van der Waals surface area (Å²) in [5, 5.41) is 5.01. The van der Waals surface area contributed by atoms with Crippen LogP contribution in [-0.4, -0.2) is 11.8 Å². The lowest BCUT2D eigenvalue weighted by atomic mass is 10.1. The Morgan fingerprint density at radius 2 is 1.57 bits per heavy atom. The van der Waals surface area contributed by atoms with Gasteiger partial charge in [-0.3, -0.25) is 9.59 Å². The third-order valence-electron chi connectivity index (χ3n) is 2.96. The Kier molecular flexibility index (Phi) is 4.66. The van der Waals surface area contributed by atoms with Crippen LogP contribution in [0.2, 0.25) is 0 Å². The van der Waals surface area contributed by atoms with E-state index in [9.17, 15) is 14.0 Å². The summed E-state index contributed by atoms with van der Waals surface area (Å²) in [5.74, 6) is -1.93. The van der Waals surface area contributed by atoms with E-state index in [0.717, 1.165) is 5.56 Å². The molecule has 21 heavy (non-hydrogen) atoms. The molecule has 0 aliphatic heterocycles. The van der Waals surface area contributed by atoms with Crippen LogP contribution < -0.4 is 10.6 Å². The molecule has 2 N–H and O–H groups in total. The average molecular weight is 286 g/mol. The van der Waals surface area contributed by atoms with Crippen LogP contribution in [0.3, 0.4) is 0 Å². The first kappa shape index (κ1) is 14.7. The van der Waals surface area contributed by atoms with Crippen molar-refractivity contribution in [1.82, 2.24) is 5.32 Å². The predicted octanol–water partition coefficient (Wildman–Crippen LogP) is 2.64. The summed E-state index contributed by atoms with van der Waals surface area (Å²) in [5.41, 5.74) is 1.27. The van der Waals surface area contributed by atoms with Crippen molar-refractivity contribution < 1.29 is 14.0 Å². The Morgan fingerprint density at radius 1 is 0.952 bits per heavy atom. The van der Waals surface area contributed by atoms with Crippen molar-refractivity contribution in [3.63, 3.8) is 0 Å². The second kappa shape index (κ2) is 6.65. The van der Waals surface area contributed by atoms with Crippen LogP contribution in [0.5, 0.6) is 0 Å². The maximum atomic E-state index is 12.8. The molecule has 0 radical (unpaired) electrons. The number of hydrogen-bond donors (Lipinski definition) is 2. The van der Waals surface area contributed by atoms with Crippen molar-refractivity contribution >= 4 is 17.5 Å². The summed E-state index contributed by atoms with van der Waals surface area (Å²) in [7, 11) is 0. The maximum Gasteiger partial charge on any atom is 0.313 e. The van der Waals surface area contributed by atoms with E-state index in [-0.39, 0.29) is 6.04 Å². The van der Waals surface area contributed by atoms with Crippen molar-refractivity contribution in [2.45, 2.75) is 13.0 Å². The molecule has 2 aromatic carbocycles. The average Bonchev–Trinajstić information content (AvgIpc) is 2.50. The van der Waals surface area contributed by atoms with Gasteiger partial charge in [0.2, 0.25) is 0 Å². The normalized spacial score (nSPS) is 11.5. The van der Waals surface area contributed by atoms with E-state index >= 15 is 0 Å². The van der Waals surface area contributed by atoms with Crippen LogP contribution in [0, 0.1) is 5.82 Å². The van der Waals surface area contributed by atoms with Gasteiger partial charge in [0.1, 0.15) is 5.82 Å². The van der Waals surface area contributed by atoms with Gasteiger partial charge in [0, 0.05) is 5.69 Å². The molecule has 2 aromatic rings. The summed E-state index contributed by atoms with van der Waals surface area (Å²) in [6, 6.07) is 14.2. The molecule has 0 fully saturated rings. The smallest absolute Gasteiger partial charge is 0.313 e. The second-order valence-electron chi connectivity index (χ2n) is 4.57. The van der Waals surface area contributed by atoms with Crippen LogP contribution >= 0.6 is 0 Å². The quantitative estimate of drug-likeness (QED) is 0.852. The second-order valence-corrected chi connectivity index (χ2v) is 4.57. The molecule has 0 unspecified atom stereocenters. The van der Waals surface area contributed by atoms with Gasteiger partial charge in [-0.2, -0.15) is 0 Å². The van der Waals surface area contributed by atoms with E-state index in [2.05, 4.69) is 10.6 Å². The molecule has 0 bridgehead atoms. The first-order valence-electron chi connectivity index (χ1n) is 6.48. The van der Waals surface area contributed by atoms with Crippen LogP contribution in [0.1, 0.15) is 18.5 Å². The molecule has 0 spiro atoms. The number of hydrogen-bond acceptors (Lipinski definition) is 2. The number of halogens is 1. The molecular formula is C16H15FN2O2. The van der Waals surface area contributed by atoms with Gasteiger partial charge in [0.15, 0.2) is 0 Å². The van der Waals surface area contributed by atoms with Crippen LogP contribution in [0.15, 0.2) is 54.6 Å². The topological polar surface area (TPSA) is 58.2 Å². The number of amides is 2. The van der Waals surface area contributed by atoms with Gasteiger partial charge in [-0.05, 0) is 36.8 Å². The molecule has 1 atom stereocenters. The number of benzene rings is 2. The first-order valence-corrected chi connectivity index (χ1v) is 6.48. The molecule has 108 valence electrons. The Balaban J connectivity index is 1.93. The van der Waals surface area contributed by atoms with E-state index < -0.39 is 17.6 Å². The summed E-state index contributed by atoms with van der Waals surface area (Å²) >= 11 is 0. The van der Waals surface area contributed by atoms with Gasteiger partial charge in [0.05, 0.1) is 6.04 Å². The summed E-state index contributed by atoms with van der Waals surface area (Å²) in [6.45, 7) is 1.79. The number of carbonyl (C=O) groups excluding carboxylic acids is 2. The molecule has 0 saturated heterocycles. The highest BCUT2D eigenvalue weighted by Gasteiger charge is 2.17. The zero-order chi connectivity index (χ0) is 15.2. The van der Waals surface area contributed by atoms with Gasteiger partial charge >= 0.3 is 11.8 Å². The van der Waals surface area contributed by atoms with Crippen molar-refractivity contribution in [1.29, 1.82) is 0 Å². The molecule has 5 heteroatoms. The molecule has 0 aromatic heterocycles. The SMILES string of the molecule is C[C@@H](NC(=O)C(=O)Nc1ccc(F)cc1)c1ccccc1. The standard InChI is InChI=1S/C16H15FN2O2/c1-11(12-5-3-2-4-6-12)18-15(20)16(21)19-14-9-7-13(17)8-10-14/h2-11H,1H3,(H,18,20)(H,19,21)/t11-/m1/s1. The summed E-state index contributed by atoms with van der Waals surface area (Å²) in [4.78, 5) is 23.5.